The smallest absolute Gasteiger partial charge is 0.262 e. The van der Waals surface area contributed by atoms with E-state index in [1.165, 1.54) is 11.8 Å². The predicted molar refractivity (Wildman–Crippen MR) is 119 cm³/mol. The van der Waals surface area contributed by atoms with E-state index >= 15 is 0 Å². The Morgan fingerprint density at radius 2 is 1.86 bits per heavy atom. The summed E-state index contributed by atoms with van der Waals surface area (Å²) in [6.45, 7) is 9.91. The minimum atomic E-state index is -0.0575. The van der Waals surface area contributed by atoms with Crippen molar-refractivity contribution in [2.75, 3.05) is 12.3 Å². The highest BCUT2D eigenvalue weighted by atomic mass is 32.2. The number of carbonyl (C=O) groups excluding carboxylic acids is 1. The van der Waals surface area contributed by atoms with Crippen molar-refractivity contribution < 1.29 is 4.79 Å². The maximum Gasteiger partial charge on any atom is 0.262 e. The zero-order valence-electron chi connectivity index (χ0n) is 17.4. The van der Waals surface area contributed by atoms with Gasteiger partial charge < -0.3 is 4.98 Å². The Bertz CT molecular complexity index is 1020. The standard InChI is InChI=1S/C22H28N4O2S/c1-15(2)25(16(3)4)12-13-26-21(28)17-8-5-6-9-18(17)24-22(26)29-14-20(27)19-10-7-11-23-19/h5-11,15-16,23H,12-14H2,1-4H3. The molecule has 0 aliphatic heterocycles. The monoisotopic (exact) mass is 412 g/mol. The molecule has 0 aliphatic rings. The van der Waals surface area contributed by atoms with Gasteiger partial charge in [-0.25, -0.2) is 4.98 Å². The van der Waals surface area contributed by atoms with Crippen LogP contribution in [0.4, 0.5) is 0 Å². The summed E-state index contributed by atoms with van der Waals surface area (Å²) in [5.74, 6) is 0.212. The van der Waals surface area contributed by atoms with E-state index in [4.69, 9.17) is 4.98 Å². The Balaban J connectivity index is 1.90. The first-order chi connectivity index (χ1) is 13.9. The van der Waals surface area contributed by atoms with E-state index in [2.05, 4.69) is 37.6 Å². The molecule has 3 rings (SSSR count). The van der Waals surface area contributed by atoms with Crippen molar-refractivity contribution in [3.8, 4) is 0 Å². The van der Waals surface area contributed by atoms with E-state index in [0.29, 0.717) is 40.4 Å². The van der Waals surface area contributed by atoms with E-state index < -0.39 is 0 Å². The number of nitrogens with one attached hydrogen (secondary N) is 1. The van der Waals surface area contributed by atoms with Crippen molar-refractivity contribution in [1.29, 1.82) is 0 Å². The van der Waals surface area contributed by atoms with Crippen molar-refractivity contribution in [2.45, 2.75) is 51.5 Å². The molecular formula is C22H28N4O2S. The number of fused-ring (bicyclic) bond motifs is 1. The molecule has 0 aliphatic carbocycles. The molecule has 2 aromatic heterocycles. The quantitative estimate of drug-likeness (QED) is 0.329. The number of carbonyl (C=O) groups is 1. The van der Waals surface area contributed by atoms with Gasteiger partial charge in [0.1, 0.15) is 0 Å². The van der Waals surface area contributed by atoms with Crippen molar-refractivity contribution in [3.63, 3.8) is 0 Å². The molecule has 0 saturated carbocycles. The average molecular weight is 413 g/mol. The van der Waals surface area contributed by atoms with Gasteiger partial charge in [0.15, 0.2) is 10.9 Å². The van der Waals surface area contributed by atoms with E-state index in [-0.39, 0.29) is 17.1 Å². The van der Waals surface area contributed by atoms with E-state index in [1.807, 2.05) is 24.3 Å². The van der Waals surface area contributed by atoms with Crippen LogP contribution in [0.2, 0.25) is 0 Å². The van der Waals surface area contributed by atoms with Gasteiger partial charge in [0.05, 0.1) is 22.3 Å². The number of H-pyrrole nitrogens is 1. The predicted octanol–water partition coefficient (Wildman–Crippen LogP) is 3.82. The van der Waals surface area contributed by atoms with Gasteiger partial charge in [0.25, 0.3) is 5.56 Å². The Labute approximate surface area is 175 Å². The first-order valence-electron chi connectivity index (χ1n) is 9.93. The van der Waals surface area contributed by atoms with E-state index in [0.717, 1.165) is 6.54 Å². The maximum absolute atomic E-state index is 13.2. The molecule has 7 heteroatoms. The number of hydrogen-bond donors (Lipinski definition) is 1. The molecule has 29 heavy (non-hydrogen) atoms. The Morgan fingerprint density at radius 3 is 2.52 bits per heavy atom. The van der Waals surface area contributed by atoms with Gasteiger partial charge in [0.2, 0.25) is 0 Å². The minimum absolute atomic E-state index is 0.0139. The number of hydrogen-bond acceptors (Lipinski definition) is 5. The Morgan fingerprint density at radius 1 is 1.14 bits per heavy atom. The molecule has 0 fully saturated rings. The third kappa shape index (κ3) is 4.97. The van der Waals surface area contributed by atoms with Crippen LogP contribution in [0.1, 0.15) is 38.2 Å². The van der Waals surface area contributed by atoms with Crippen molar-refractivity contribution in [1.82, 2.24) is 19.4 Å². The van der Waals surface area contributed by atoms with Gasteiger partial charge in [-0.05, 0) is 52.0 Å². The largest absolute Gasteiger partial charge is 0.359 e. The van der Waals surface area contributed by atoms with Gasteiger partial charge >= 0.3 is 0 Å². The third-order valence-corrected chi connectivity index (χ3v) is 5.94. The summed E-state index contributed by atoms with van der Waals surface area (Å²) in [6.07, 6.45) is 1.73. The molecule has 1 aromatic carbocycles. The second kappa shape index (κ2) is 9.41. The molecule has 1 N–H and O–H groups in total. The van der Waals surface area contributed by atoms with Crippen LogP contribution in [0.3, 0.4) is 0 Å². The molecule has 0 radical (unpaired) electrons. The molecule has 0 spiro atoms. The first-order valence-corrected chi connectivity index (χ1v) is 10.9. The summed E-state index contributed by atoms with van der Waals surface area (Å²) in [5.41, 5.74) is 1.17. The first kappa shape index (κ1) is 21.3. The van der Waals surface area contributed by atoms with Crippen molar-refractivity contribution in [3.05, 3.63) is 58.6 Å². The Kier molecular flexibility index (Phi) is 6.92. The average Bonchev–Trinajstić information content (AvgIpc) is 3.22. The van der Waals surface area contributed by atoms with Gasteiger partial charge in [-0.1, -0.05) is 23.9 Å². The molecule has 154 valence electrons. The SMILES string of the molecule is CC(C)N(CCn1c(SCC(=O)c2ccc[nH]2)nc2ccccc2c1=O)C(C)C. The highest BCUT2D eigenvalue weighted by Crippen LogP contribution is 2.19. The lowest BCUT2D eigenvalue weighted by Gasteiger charge is -2.30. The number of aromatic amines is 1. The molecule has 2 heterocycles. The van der Waals surface area contributed by atoms with Crippen LogP contribution in [0.25, 0.3) is 10.9 Å². The summed E-state index contributed by atoms with van der Waals surface area (Å²) in [7, 11) is 0. The lowest BCUT2D eigenvalue weighted by molar-refractivity contribution is 0.101. The highest BCUT2D eigenvalue weighted by Gasteiger charge is 2.17. The van der Waals surface area contributed by atoms with Gasteiger partial charge in [-0.3, -0.25) is 19.1 Å². The zero-order valence-corrected chi connectivity index (χ0v) is 18.2. The summed E-state index contributed by atoms with van der Waals surface area (Å²) < 4.78 is 1.72. The molecule has 0 atom stereocenters. The van der Waals surface area contributed by atoms with Gasteiger partial charge in [-0.15, -0.1) is 0 Å². The second-order valence-corrected chi connectivity index (χ2v) is 8.53. The molecule has 0 unspecified atom stereocenters. The fraction of sp³-hybridized carbons (Fsp3) is 0.409. The van der Waals surface area contributed by atoms with Crippen molar-refractivity contribution >= 4 is 28.4 Å². The lowest BCUT2D eigenvalue weighted by atomic mass is 10.2. The Hall–Kier alpha value is -2.38. The maximum atomic E-state index is 13.2. The van der Waals surface area contributed by atoms with Crippen LogP contribution < -0.4 is 5.56 Å². The van der Waals surface area contributed by atoms with E-state index in [1.54, 1.807) is 22.9 Å². The zero-order chi connectivity index (χ0) is 21.0. The number of thioether (sulfide) groups is 1. The second-order valence-electron chi connectivity index (χ2n) is 7.59. The fourth-order valence-electron chi connectivity index (χ4n) is 3.49. The van der Waals surface area contributed by atoms with Gasteiger partial charge in [-0.2, -0.15) is 0 Å². The number of Topliss-reactive ketones (excluding diaryl/α,β-unsaturated/α-hetero) is 1. The number of ketones is 1. The molecule has 0 bridgehead atoms. The van der Waals surface area contributed by atoms with Crippen LogP contribution in [-0.2, 0) is 6.54 Å². The number of nitrogens with zero attached hydrogens (tertiary/aromatic N) is 3. The number of para-hydroxylation sites is 1. The van der Waals surface area contributed by atoms with Crippen LogP contribution in [0.15, 0.2) is 52.5 Å². The van der Waals surface area contributed by atoms with Crippen molar-refractivity contribution in [2.24, 2.45) is 0 Å². The molecule has 3 aromatic rings. The van der Waals surface area contributed by atoms with Crippen LogP contribution in [0.5, 0.6) is 0 Å². The highest BCUT2D eigenvalue weighted by molar-refractivity contribution is 7.99. The molecule has 0 amide bonds. The lowest BCUT2D eigenvalue weighted by Crippen LogP contribution is -2.40. The normalized spacial score (nSPS) is 11.8. The minimum Gasteiger partial charge on any atom is -0.359 e. The third-order valence-electron chi connectivity index (χ3n) is 4.97. The fourth-order valence-corrected chi connectivity index (χ4v) is 4.40. The number of benzene rings is 1. The number of aromatic nitrogens is 3. The van der Waals surface area contributed by atoms with Gasteiger partial charge in [0, 0.05) is 31.4 Å². The van der Waals surface area contributed by atoms with Crippen LogP contribution in [0, 0.1) is 0 Å². The molecule has 0 saturated heterocycles. The summed E-state index contributed by atoms with van der Waals surface area (Å²) in [4.78, 5) is 35.6. The summed E-state index contributed by atoms with van der Waals surface area (Å²) in [5, 5.41) is 1.19. The van der Waals surface area contributed by atoms with E-state index in [9.17, 15) is 9.59 Å². The number of rotatable bonds is 9. The summed E-state index contributed by atoms with van der Waals surface area (Å²) >= 11 is 1.31. The molecular weight excluding hydrogens is 384 g/mol. The topological polar surface area (TPSA) is 71.0 Å². The molecule has 6 nitrogen and oxygen atoms in total. The summed E-state index contributed by atoms with van der Waals surface area (Å²) in [6, 6.07) is 11.7. The van der Waals surface area contributed by atoms with Crippen LogP contribution in [-0.4, -0.2) is 49.6 Å². The van der Waals surface area contributed by atoms with Crippen LogP contribution >= 0.6 is 11.8 Å².